The van der Waals surface area contributed by atoms with E-state index in [-0.39, 0.29) is 0 Å². The molecule has 0 aliphatic carbocycles. The lowest BCUT2D eigenvalue weighted by atomic mass is 10.2. The summed E-state index contributed by atoms with van der Waals surface area (Å²) in [6, 6.07) is 0. The topological polar surface area (TPSA) is 9.23 Å². The maximum absolute atomic E-state index is 5.36. The highest BCUT2D eigenvalue weighted by Crippen LogP contribution is 1.94. The average Bonchev–Trinajstić information content (AvgIpc) is 2.01. The minimum Gasteiger partial charge on any atom is -0.373 e. The van der Waals surface area contributed by atoms with Gasteiger partial charge in [-0.3, -0.25) is 0 Å². The van der Waals surface area contributed by atoms with Crippen molar-refractivity contribution in [2.24, 2.45) is 11.8 Å². The van der Waals surface area contributed by atoms with Crippen LogP contribution in [0.5, 0.6) is 0 Å². The average molecular weight is 182 g/mol. The molecule has 0 heterocycles. The predicted molar refractivity (Wildman–Crippen MR) is 58.8 cm³/mol. The van der Waals surface area contributed by atoms with Crippen molar-refractivity contribution in [3.05, 3.63) is 24.3 Å². The van der Waals surface area contributed by atoms with Crippen LogP contribution in [0.3, 0.4) is 0 Å². The first kappa shape index (κ1) is 12.4. The molecule has 13 heavy (non-hydrogen) atoms. The molecule has 0 rings (SSSR count). The number of allylic oxidation sites excluding steroid dienone is 2. The first-order chi connectivity index (χ1) is 6.13. The van der Waals surface area contributed by atoms with Gasteiger partial charge >= 0.3 is 0 Å². The molecule has 1 heteroatoms. The van der Waals surface area contributed by atoms with Crippen molar-refractivity contribution in [1.82, 2.24) is 0 Å². The summed E-state index contributed by atoms with van der Waals surface area (Å²) in [6.45, 7) is 10.1. The van der Waals surface area contributed by atoms with Crippen LogP contribution >= 0.6 is 0 Å². The maximum atomic E-state index is 5.36. The van der Waals surface area contributed by atoms with E-state index in [0.717, 1.165) is 13.2 Å². The summed E-state index contributed by atoms with van der Waals surface area (Å²) in [7, 11) is 0. The van der Waals surface area contributed by atoms with Gasteiger partial charge in [0.25, 0.3) is 0 Å². The smallest absolute Gasteiger partial charge is 0.0651 e. The van der Waals surface area contributed by atoms with Crippen molar-refractivity contribution in [3.8, 4) is 0 Å². The van der Waals surface area contributed by atoms with Crippen molar-refractivity contribution < 1.29 is 4.74 Å². The molecule has 0 aliphatic heterocycles. The van der Waals surface area contributed by atoms with Gasteiger partial charge in [-0.25, -0.2) is 0 Å². The number of rotatable bonds is 6. The molecule has 0 saturated heterocycles. The summed E-state index contributed by atoms with van der Waals surface area (Å²) in [6.07, 6.45) is 8.47. The van der Waals surface area contributed by atoms with Gasteiger partial charge in [0.2, 0.25) is 0 Å². The molecule has 0 aromatic carbocycles. The van der Waals surface area contributed by atoms with Crippen molar-refractivity contribution in [1.29, 1.82) is 0 Å². The van der Waals surface area contributed by atoms with Crippen LogP contribution in [-0.2, 0) is 4.74 Å². The third-order valence-corrected chi connectivity index (χ3v) is 1.47. The molecule has 0 aliphatic rings. The Morgan fingerprint density at radius 1 is 0.846 bits per heavy atom. The van der Waals surface area contributed by atoms with E-state index in [4.69, 9.17) is 4.74 Å². The lowest BCUT2D eigenvalue weighted by Crippen LogP contribution is -1.92. The third-order valence-electron chi connectivity index (χ3n) is 1.47. The Morgan fingerprint density at radius 2 is 1.23 bits per heavy atom. The molecule has 0 atom stereocenters. The summed E-state index contributed by atoms with van der Waals surface area (Å²) in [5.41, 5.74) is 0. The van der Waals surface area contributed by atoms with Gasteiger partial charge in [-0.05, 0) is 11.8 Å². The van der Waals surface area contributed by atoms with Crippen LogP contribution in [0.4, 0.5) is 0 Å². The molecule has 0 aromatic rings. The van der Waals surface area contributed by atoms with Crippen molar-refractivity contribution in [2.75, 3.05) is 13.2 Å². The molecule has 0 fully saturated rings. The summed E-state index contributed by atoms with van der Waals surface area (Å²) in [5, 5.41) is 0. The fourth-order valence-electron chi connectivity index (χ4n) is 0.860. The van der Waals surface area contributed by atoms with Crippen molar-refractivity contribution >= 4 is 0 Å². The number of hydrogen-bond acceptors (Lipinski definition) is 1. The molecule has 1 nitrogen and oxygen atoms in total. The van der Waals surface area contributed by atoms with Crippen molar-refractivity contribution in [2.45, 2.75) is 27.7 Å². The van der Waals surface area contributed by atoms with Gasteiger partial charge in [-0.2, -0.15) is 0 Å². The van der Waals surface area contributed by atoms with Gasteiger partial charge in [0.05, 0.1) is 13.2 Å². The standard InChI is InChI=1S/C12H22O/c1-11(2)7-5-9-13-10-6-8-12(3)4/h5-8,11-12H,9-10H2,1-4H3. The Bertz CT molecular complexity index is 137. The molecule has 0 amide bonds. The van der Waals surface area contributed by atoms with Crippen molar-refractivity contribution in [3.63, 3.8) is 0 Å². The van der Waals surface area contributed by atoms with Crippen LogP contribution < -0.4 is 0 Å². The first-order valence-electron chi connectivity index (χ1n) is 5.04. The zero-order valence-corrected chi connectivity index (χ0v) is 9.29. The van der Waals surface area contributed by atoms with Crippen LogP contribution in [-0.4, -0.2) is 13.2 Å². The minimum atomic E-state index is 0.620. The van der Waals surface area contributed by atoms with E-state index in [2.05, 4.69) is 52.0 Å². The van der Waals surface area contributed by atoms with Gasteiger partial charge in [0.1, 0.15) is 0 Å². The fourth-order valence-corrected chi connectivity index (χ4v) is 0.860. The van der Waals surface area contributed by atoms with E-state index < -0.39 is 0 Å². The molecule has 0 aromatic heterocycles. The molecular weight excluding hydrogens is 160 g/mol. The summed E-state index contributed by atoms with van der Waals surface area (Å²) < 4.78 is 5.36. The van der Waals surface area contributed by atoms with Crippen LogP contribution in [0.25, 0.3) is 0 Å². The van der Waals surface area contributed by atoms with E-state index in [1.165, 1.54) is 0 Å². The molecule has 0 unspecified atom stereocenters. The minimum absolute atomic E-state index is 0.620. The molecular formula is C12H22O. The molecule has 0 bridgehead atoms. The Hall–Kier alpha value is -0.560. The largest absolute Gasteiger partial charge is 0.373 e. The van der Waals surface area contributed by atoms with Crippen LogP contribution in [0, 0.1) is 11.8 Å². The maximum Gasteiger partial charge on any atom is 0.0651 e. The zero-order valence-electron chi connectivity index (χ0n) is 9.29. The molecule has 0 saturated carbocycles. The van der Waals surface area contributed by atoms with E-state index in [9.17, 15) is 0 Å². The highest BCUT2D eigenvalue weighted by atomic mass is 16.5. The lowest BCUT2D eigenvalue weighted by Gasteiger charge is -1.97. The highest BCUT2D eigenvalue weighted by molar-refractivity contribution is 4.86. The number of hydrogen-bond donors (Lipinski definition) is 0. The Labute approximate surface area is 82.5 Å². The summed E-state index contributed by atoms with van der Waals surface area (Å²) >= 11 is 0. The van der Waals surface area contributed by atoms with Gasteiger partial charge in [-0.15, -0.1) is 0 Å². The van der Waals surface area contributed by atoms with E-state index in [1.807, 2.05) is 0 Å². The predicted octanol–water partition coefficient (Wildman–Crippen LogP) is 3.43. The summed E-state index contributed by atoms with van der Waals surface area (Å²) in [4.78, 5) is 0. The van der Waals surface area contributed by atoms with Crippen LogP contribution in [0.15, 0.2) is 24.3 Å². The van der Waals surface area contributed by atoms with Gasteiger partial charge < -0.3 is 4.74 Å². The second-order valence-corrected chi connectivity index (χ2v) is 3.88. The Morgan fingerprint density at radius 3 is 1.54 bits per heavy atom. The van der Waals surface area contributed by atoms with E-state index in [0.29, 0.717) is 11.8 Å². The summed E-state index contributed by atoms with van der Waals surface area (Å²) in [5.74, 6) is 1.24. The van der Waals surface area contributed by atoms with Gasteiger partial charge in [0, 0.05) is 0 Å². The Balaban J connectivity index is 3.26. The highest BCUT2D eigenvalue weighted by Gasteiger charge is 1.84. The third kappa shape index (κ3) is 11.4. The second-order valence-electron chi connectivity index (χ2n) is 3.88. The van der Waals surface area contributed by atoms with E-state index in [1.54, 1.807) is 0 Å². The molecule has 0 spiro atoms. The normalized spacial score (nSPS) is 12.8. The molecule has 0 N–H and O–H groups in total. The number of ether oxygens (including phenoxy) is 1. The SMILES string of the molecule is CC(C)C=CCOCC=CC(C)C. The molecule has 0 radical (unpaired) electrons. The quantitative estimate of drug-likeness (QED) is 0.452. The van der Waals surface area contributed by atoms with Crippen LogP contribution in [0.2, 0.25) is 0 Å². The van der Waals surface area contributed by atoms with Gasteiger partial charge in [-0.1, -0.05) is 52.0 Å². The van der Waals surface area contributed by atoms with E-state index >= 15 is 0 Å². The molecule has 76 valence electrons. The second kappa shape index (κ2) is 8.06. The lowest BCUT2D eigenvalue weighted by molar-refractivity contribution is 0.193. The first-order valence-corrected chi connectivity index (χ1v) is 5.04. The Kier molecular flexibility index (Phi) is 7.71. The van der Waals surface area contributed by atoms with Crippen LogP contribution in [0.1, 0.15) is 27.7 Å². The zero-order chi connectivity index (χ0) is 10.1. The van der Waals surface area contributed by atoms with Gasteiger partial charge in [0.15, 0.2) is 0 Å². The fraction of sp³-hybridized carbons (Fsp3) is 0.667. The monoisotopic (exact) mass is 182 g/mol.